The largest absolute Gasteiger partial charge is 0.346 e. The van der Waals surface area contributed by atoms with Crippen molar-refractivity contribution in [3.8, 4) is 11.3 Å². The Hall–Kier alpha value is -2.14. The molecule has 1 aromatic heterocycles. The molecule has 2 atom stereocenters. The van der Waals surface area contributed by atoms with Crippen LogP contribution >= 0.6 is 0 Å². The summed E-state index contributed by atoms with van der Waals surface area (Å²) in [6.45, 7) is 3.84. The topological polar surface area (TPSA) is 83.8 Å². The highest BCUT2D eigenvalue weighted by Crippen LogP contribution is 2.20. The third-order valence-corrected chi connectivity index (χ3v) is 3.26. The summed E-state index contributed by atoms with van der Waals surface area (Å²) in [6, 6.07) is 9.73. The summed E-state index contributed by atoms with van der Waals surface area (Å²) in [5.41, 5.74) is 7.67. The van der Waals surface area contributed by atoms with Gasteiger partial charge in [-0.3, -0.25) is 4.79 Å². The van der Waals surface area contributed by atoms with Crippen LogP contribution in [0.25, 0.3) is 11.3 Å². The molecule has 0 bridgehead atoms. The summed E-state index contributed by atoms with van der Waals surface area (Å²) in [5.74, 6) is 0.726. The van der Waals surface area contributed by atoms with Gasteiger partial charge < -0.3 is 16.0 Å². The van der Waals surface area contributed by atoms with Crippen molar-refractivity contribution in [3.63, 3.8) is 0 Å². The van der Waals surface area contributed by atoms with E-state index in [2.05, 4.69) is 15.3 Å². The van der Waals surface area contributed by atoms with E-state index < -0.39 is 0 Å². The second-order valence-electron chi connectivity index (χ2n) is 5.26. The number of imidazole rings is 1. The van der Waals surface area contributed by atoms with Crippen LogP contribution in [0.3, 0.4) is 0 Å². The molecule has 1 heterocycles. The van der Waals surface area contributed by atoms with E-state index in [1.54, 1.807) is 6.20 Å². The Labute approximate surface area is 125 Å². The van der Waals surface area contributed by atoms with E-state index in [-0.39, 0.29) is 18.0 Å². The fourth-order valence-corrected chi connectivity index (χ4v) is 2.19. The van der Waals surface area contributed by atoms with Crippen molar-refractivity contribution in [2.75, 3.05) is 0 Å². The van der Waals surface area contributed by atoms with Gasteiger partial charge in [0.2, 0.25) is 5.91 Å². The van der Waals surface area contributed by atoms with Crippen LogP contribution in [0.2, 0.25) is 0 Å². The molecule has 2 rings (SSSR count). The maximum Gasteiger partial charge on any atom is 0.222 e. The Kier molecular flexibility index (Phi) is 5.11. The molecule has 0 spiro atoms. The molecule has 0 aliphatic heterocycles. The van der Waals surface area contributed by atoms with Gasteiger partial charge in [-0.1, -0.05) is 37.3 Å². The molecule has 0 fully saturated rings. The monoisotopic (exact) mass is 286 g/mol. The summed E-state index contributed by atoms with van der Waals surface area (Å²) >= 11 is 0. The number of carbonyl (C=O) groups is 1. The zero-order valence-corrected chi connectivity index (χ0v) is 12.5. The van der Waals surface area contributed by atoms with Crippen LogP contribution < -0.4 is 11.1 Å². The Morgan fingerprint density at radius 2 is 2.10 bits per heavy atom. The number of rotatable bonds is 6. The number of hydrogen-bond donors (Lipinski definition) is 3. The quantitative estimate of drug-likeness (QED) is 0.762. The van der Waals surface area contributed by atoms with Gasteiger partial charge in [-0.05, 0) is 18.9 Å². The highest BCUT2D eigenvalue weighted by atomic mass is 16.1. The van der Waals surface area contributed by atoms with Crippen LogP contribution in [0.4, 0.5) is 0 Å². The van der Waals surface area contributed by atoms with Gasteiger partial charge in [0.15, 0.2) is 0 Å². The first kappa shape index (κ1) is 15.3. The fourth-order valence-electron chi connectivity index (χ4n) is 2.19. The minimum Gasteiger partial charge on any atom is -0.346 e. The zero-order valence-electron chi connectivity index (χ0n) is 12.5. The van der Waals surface area contributed by atoms with E-state index >= 15 is 0 Å². The number of nitrogens with two attached hydrogens (primary N) is 1. The van der Waals surface area contributed by atoms with E-state index in [0.29, 0.717) is 6.42 Å². The first-order valence-corrected chi connectivity index (χ1v) is 7.25. The summed E-state index contributed by atoms with van der Waals surface area (Å²) in [7, 11) is 0. The van der Waals surface area contributed by atoms with Gasteiger partial charge in [0, 0.05) is 12.5 Å². The molecule has 112 valence electrons. The van der Waals surface area contributed by atoms with E-state index in [4.69, 9.17) is 5.73 Å². The van der Waals surface area contributed by atoms with Gasteiger partial charge in [0.05, 0.1) is 17.9 Å². The number of aromatic amines is 1. The van der Waals surface area contributed by atoms with Crippen LogP contribution in [0.5, 0.6) is 0 Å². The molecule has 0 saturated carbocycles. The Morgan fingerprint density at radius 1 is 1.38 bits per heavy atom. The Bertz CT molecular complexity index is 577. The number of nitrogens with zero attached hydrogens (tertiary/aromatic N) is 1. The van der Waals surface area contributed by atoms with Crippen molar-refractivity contribution in [3.05, 3.63) is 42.4 Å². The molecule has 0 radical (unpaired) electrons. The zero-order chi connectivity index (χ0) is 15.2. The number of benzene rings is 1. The number of carbonyl (C=O) groups excluding carboxylic acids is 1. The number of H-pyrrole nitrogens is 1. The molecule has 2 unspecified atom stereocenters. The SMILES string of the molecule is CCC(NC(=O)CC(C)N)c1ncc(-c2ccccc2)[nH]1. The summed E-state index contributed by atoms with van der Waals surface area (Å²) in [4.78, 5) is 19.5. The smallest absolute Gasteiger partial charge is 0.222 e. The average Bonchev–Trinajstić information content (AvgIpc) is 2.94. The van der Waals surface area contributed by atoms with E-state index in [9.17, 15) is 4.79 Å². The summed E-state index contributed by atoms with van der Waals surface area (Å²) < 4.78 is 0. The van der Waals surface area contributed by atoms with Crippen LogP contribution in [0.1, 0.15) is 38.6 Å². The van der Waals surface area contributed by atoms with Crippen LogP contribution in [0.15, 0.2) is 36.5 Å². The first-order chi connectivity index (χ1) is 10.1. The third kappa shape index (κ3) is 4.16. The van der Waals surface area contributed by atoms with Gasteiger partial charge in [-0.25, -0.2) is 4.98 Å². The normalized spacial score (nSPS) is 13.7. The molecule has 0 saturated heterocycles. The molecule has 1 amide bonds. The Balaban J connectivity index is 2.09. The molecule has 1 aromatic carbocycles. The summed E-state index contributed by atoms with van der Waals surface area (Å²) in [5, 5.41) is 2.97. The van der Waals surface area contributed by atoms with E-state index in [1.807, 2.05) is 44.2 Å². The van der Waals surface area contributed by atoms with E-state index in [1.165, 1.54) is 0 Å². The molecule has 0 aliphatic carbocycles. The lowest BCUT2D eigenvalue weighted by Crippen LogP contribution is -2.33. The number of amides is 1. The van der Waals surface area contributed by atoms with Gasteiger partial charge >= 0.3 is 0 Å². The lowest BCUT2D eigenvalue weighted by Gasteiger charge is -2.15. The molecule has 5 heteroatoms. The standard InChI is InChI=1S/C16H22N4O/c1-3-13(19-15(21)9-11(2)17)16-18-10-14(20-16)12-7-5-4-6-8-12/h4-8,10-11,13H,3,9,17H2,1-2H3,(H,18,20)(H,19,21). The van der Waals surface area contributed by atoms with Gasteiger partial charge in [-0.2, -0.15) is 0 Å². The van der Waals surface area contributed by atoms with Crippen molar-refractivity contribution < 1.29 is 4.79 Å². The number of aromatic nitrogens is 2. The minimum atomic E-state index is -0.140. The first-order valence-electron chi connectivity index (χ1n) is 7.25. The molecule has 0 aliphatic rings. The predicted molar refractivity (Wildman–Crippen MR) is 83.5 cm³/mol. The highest BCUT2D eigenvalue weighted by Gasteiger charge is 2.16. The van der Waals surface area contributed by atoms with Gasteiger partial charge in [0.1, 0.15) is 5.82 Å². The molecule has 5 nitrogen and oxygen atoms in total. The van der Waals surface area contributed by atoms with Crippen molar-refractivity contribution in [1.82, 2.24) is 15.3 Å². The molecule has 4 N–H and O–H groups in total. The van der Waals surface area contributed by atoms with Gasteiger partial charge in [0.25, 0.3) is 0 Å². The molecular weight excluding hydrogens is 264 g/mol. The predicted octanol–water partition coefficient (Wildman–Crippen LogP) is 2.38. The maximum absolute atomic E-state index is 11.8. The number of nitrogens with one attached hydrogen (secondary N) is 2. The van der Waals surface area contributed by atoms with Crippen molar-refractivity contribution in [2.24, 2.45) is 5.73 Å². The fraction of sp³-hybridized carbons (Fsp3) is 0.375. The second kappa shape index (κ2) is 7.04. The molecular formula is C16H22N4O. The minimum absolute atomic E-state index is 0.0467. The lowest BCUT2D eigenvalue weighted by molar-refractivity contribution is -0.122. The van der Waals surface area contributed by atoms with Crippen molar-refractivity contribution in [1.29, 1.82) is 0 Å². The average molecular weight is 286 g/mol. The second-order valence-corrected chi connectivity index (χ2v) is 5.26. The van der Waals surface area contributed by atoms with E-state index in [0.717, 1.165) is 23.5 Å². The highest BCUT2D eigenvalue weighted by molar-refractivity contribution is 5.76. The Morgan fingerprint density at radius 3 is 2.71 bits per heavy atom. The molecule has 21 heavy (non-hydrogen) atoms. The maximum atomic E-state index is 11.8. The van der Waals surface area contributed by atoms with Crippen LogP contribution in [0, 0.1) is 0 Å². The molecule has 2 aromatic rings. The van der Waals surface area contributed by atoms with Gasteiger partial charge in [-0.15, -0.1) is 0 Å². The van der Waals surface area contributed by atoms with Crippen molar-refractivity contribution in [2.45, 2.75) is 38.8 Å². The summed E-state index contributed by atoms with van der Waals surface area (Å²) in [6.07, 6.45) is 2.89. The van der Waals surface area contributed by atoms with Crippen molar-refractivity contribution >= 4 is 5.91 Å². The lowest BCUT2D eigenvalue weighted by atomic mass is 10.1. The third-order valence-electron chi connectivity index (χ3n) is 3.26. The van der Waals surface area contributed by atoms with Crippen LogP contribution in [-0.2, 0) is 4.79 Å². The van der Waals surface area contributed by atoms with Crippen LogP contribution in [-0.4, -0.2) is 21.9 Å². The number of hydrogen-bond acceptors (Lipinski definition) is 3.